The van der Waals surface area contributed by atoms with E-state index >= 15 is 0 Å². The number of carbonyl (C=O) groups excluding carboxylic acids is 1. The van der Waals surface area contributed by atoms with E-state index in [1.54, 1.807) is 12.1 Å². The van der Waals surface area contributed by atoms with E-state index in [0.717, 1.165) is 0 Å². The Morgan fingerprint density at radius 2 is 2.18 bits per heavy atom. The average molecular weight is 340 g/mol. The van der Waals surface area contributed by atoms with Gasteiger partial charge in [0, 0.05) is 23.6 Å². The van der Waals surface area contributed by atoms with Crippen molar-refractivity contribution in [2.75, 3.05) is 11.4 Å². The standard InChI is InChI=1S/C9H8BrClN2O3S/c10-8-2-1-6(4-12-8)13-5-7(3-9(13)14)17(11,15)16/h1-2,4,7H,3,5H2. The monoisotopic (exact) mass is 338 g/mol. The van der Waals surface area contributed by atoms with E-state index < -0.39 is 14.3 Å². The third kappa shape index (κ3) is 2.78. The van der Waals surface area contributed by atoms with E-state index in [2.05, 4.69) is 20.9 Å². The summed E-state index contributed by atoms with van der Waals surface area (Å²) >= 11 is 3.18. The van der Waals surface area contributed by atoms with Crippen LogP contribution in [0.1, 0.15) is 6.42 Å². The second kappa shape index (κ2) is 4.55. The van der Waals surface area contributed by atoms with Crippen molar-refractivity contribution in [3.8, 4) is 0 Å². The molecule has 0 aromatic carbocycles. The molecule has 5 nitrogen and oxygen atoms in total. The van der Waals surface area contributed by atoms with Gasteiger partial charge in [-0.1, -0.05) is 0 Å². The fourth-order valence-electron chi connectivity index (χ4n) is 1.64. The lowest BCUT2D eigenvalue weighted by molar-refractivity contribution is -0.117. The molecule has 0 bridgehead atoms. The van der Waals surface area contributed by atoms with E-state index in [4.69, 9.17) is 10.7 Å². The average Bonchev–Trinajstić information content (AvgIpc) is 2.61. The quantitative estimate of drug-likeness (QED) is 0.605. The van der Waals surface area contributed by atoms with Gasteiger partial charge in [-0.15, -0.1) is 0 Å². The molecule has 0 saturated carbocycles. The van der Waals surface area contributed by atoms with Gasteiger partial charge in [0.25, 0.3) is 0 Å². The Hall–Kier alpha value is -0.660. The van der Waals surface area contributed by atoms with Gasteiger partial charge in [0.15, 0.2) is 0 Å². The van der Waals surface area contributed by atoms with Crippen molar-refractivity contribution in [3.63, 3.8) is 0 Å². The molecule has 0 aliphatic carbocycles. The summed E-state index contributed by atoms with van der Waals surface area (Å²) in [4.78, 5) is 17.0. The minimum atomic E-state index is -3.70. The number of anilines is 1. The van der Waals surface area contributed by atoms with Gasteiger partial charge in [-0.25, -0.2) is 13.4 Å². The molecule has 1 amide bonds. The van der Waals surface area contributed by atoms with Crippen molar-refractivity contribution < 1.29 is 13.2 Å². The van der Waals surface area contributed by atoms with E-state index in [0.29, 0.717) is 10.3 Å². The number of amides is 1. The second-order valence-electron chi connectivity index (χ2n) is 3.65. The first-order valence-corrected chi connectivity index (χ1v) is 7.90. The second-order valence-corrected chi connectivity index (χ2v) is 7.37. The molecule has 1 aliphatic rings. The van der Waals surface area contributed by atoms with Gasteiger partial charge in [-0.2, -0.15) is 0 Å². The molecule has 2 heterocycles. The maximum Gasteiger partial charge on any atom is 0.237 e. The van der Waals surface area contributed by atoms with Crippen molar-refractivity contribution in [1.29, 1.82) is 0 Å². The molecule has 0 N–H and O–H groups in total. The normalized spacial score (nSPS) is 20.9. The van der Waals surface area contributed by atoms with Crippen LogP contribution in [0.25, 0.3) is 0 Å². The highest BCUT2D eigenvalue weighted by Gasteiger charge is 2.37. The fourth-order valence-corrected chi connectivity index (χ4v) is 2.90. The summed E-state index contributed by atoms with van der Waals surface area (Å²) in [5.41, 5.74) is 0.570. The van der Waals surface area contributed by atoms with E-state index in [-0.39, 0.29) is 18.9 Å². The summed E-state index contributed by atoms with van der Waals surface area (Å²) in [7, 11) is 1.55. The van der Waals surface area contributed by atoms with Crippen LogP contribution in [-0.4, -0.2) is 31.1 Å². The molecule has 1 aromatic rings. The Balaban J connectivity index is 2.24. The largest absolute Gasteiger partial charge is 0.309 e. The van der Waals surface area contributed by atoms with Crippen molar-refractivity contribution in [3.05, 3.63) is 22.9 Å². The molecule has 1 fully saturated rings. The van der Waals surface area contributed by atoms with Crippen LogP contribution in [0.4, 0.5) is 5.69 Å². The first-order valence-electron chi connectivity index (χ1n) is 4.73. The number of rotatable bonds is 2. The van der Waals surface area contributed by atoms with E-state index in [9.17, 15) is 13.2 Å². The van der Waals surface area contributed by atoms with Crippen LogP contribution >= 0.6 is 26.6 Å². The summed E-state index contributed by atoms with van der Waals surface area (Å²) in [5, 5.41) is -0.847. The molecule has 2 rings (SSSR count). The number of carbonyl (C=O) groups is 1. The number of aromatic nitrogens is 1. The Morgan fingerprint density at radius 3 is 2.65 bits per heavy atom. The summed E-state index contributed by atoms with van der Waals surface area (Å²) in [6.07, 6.45) is 1.42. The molecule has 1 aliphatic heterocycles. The van der Waals surface area contributed by atoms with Gasteiger partial charge in [0.05, 0.1) is 11.9 Å². The Morgan fingerprint density at radius 1 is 1.47 bits per heavy atom. The lowest BCUT2D eigenvalue weighted by Crippen LogP contribution is -2.26. The highest BCUT2D eigenvalue weighted by atomic mass is 79.9. The summed E-state index contributed by atoms with van der Waals surface area (Å²) in [5.74, 6) is -0.261. The summed E-state index contributed by atoms with van der Waals surface area (Å²) < 4.78 is 23.0. The maximum absolute atomic E-state index is 11.7. The van der Waals surface area contributed by atoms with Crippen molar-refractivity contribution in [2.45, 2.75) is 11.7 Å². The van der Waals surface area contributed by atoms with Gasteiger partial charge < -0.3 is 4.90 Å². The van der Waals surface area contributed by atoms with Gasteiger partial charge >= 0.3 is 0 Å². The maximum atomic E-state index is 11.7. The Kier molecular flexibility index (Phi) is 3.42. The molecule has 1 saturated heterocycles. The lowest BCUT2D eigenvalue weighted by Gasteiger charge is -2.15. The zero-order chi connectivity index (χ0) is 12.6. The smallest absolute Gasteiger partial charge is 0.237 e. The van der Waals surface area contributed by atoms with Crippen LogP contribution < -0.4 is 4.90 Å². The molecule has 0 radical (unpaired) electrons. The zero-order valence-electron chi connectivity index (χ0n) is 8.51. The number of halogens is 2. The molecule has 1 atom stereocenters. The van der Waals surface area contributed by atoms with Crippen LogP contribution in [0, 0.1) is 0 Å². The molecule has 92 valence electrons. The van der Waals surface area contributed by atoms with E-state index in [1.165, 1.54) is 11.1 Å². The molecule has 1 aromatic heterocycles. The Labute approximate surface area is 111 Å². The first kappa shape index (κ1) is 12.8. The highest BCUT2D eigenvalue weighted by Crippen LogP contribution is 2.26. The predicted molar refractivity (Wildman–Crippen MR) is 67.5 cm³/mol. The minimum Gasteiger partial charge on any atom is -0.309 e. The number of hydrogen-bond acceptors (Lipinski definition) is 4. The molecule has 1 unspecified atom stereocenters. The topological polar surface area (TPSA) is 67.3 Å². The van der Waals surface area contributed by atoms with Crippen LogP contribution in [0.3, 0.4) is 0 Å². The number of hydrogen-bond donors (Lipinski definition) is 0. The molecule has 17 heavy (non-hydrogen) atoms. The molecular formula is C9H8BrClN2O3S. The van der Waals surface area contributed by atoms with Crippen LogP contribution in [0.2, 0.25) is 0 Å². The highest BCUT2D eigenvalue weighted by molar-refractivity contribution is 9.10. The molecule has 8 heteroatoms. The molecular weight excluding hydrogens is 332 g/mol. The van der Waals surface area contributed by atoms with E-state index in [1.807, 2.05) is 0 Å². The van der Waals surface area contributed by atoms with Gasteiger partial charge in [-0.3, -0.25) is 4.79 Å². The first-order chi connectivity index (χ1) is 7.88. The SMILES string of the molecule is O=C1CC(S(=O)(=O)Cl)CN1c1ccc(Br)nc1. The fraction of sp³-hybridized carbons (Fsp3) is 0.333. The Bertz CT molecular complexity index is 546. The lowest BCUT2D eigenvalue weighted by atomic mass is 10.4. The van der Waals surface area contributed by atoms with Crippen molar-refractivity contribution in [2.24, 2.45) is 0 Å². The number of pyridine rings is 1. The minimum absolute atomic E-state index is 0.0774. The van der Waals surface area contributed by atoms with Crippen LogP contribution in [0.5, 0.6) is 0 Å². The predicted octanol–water partition coefficient (Wildman–Crippen LogP) is 1.52. The van der Waals surface area contributed by atoms with Gasteiger partial charge in [-0.05, 0) is 28.1 Å². The summed E-state index contributed by atoms with van der Waals surface area (Å²) in [6.45, 7) is 0.0774. The third-order valence-corrected chi connectivity index (χ3v) is 4.85. The zero-order valence-corrected chi connectivity index (χ0v) is 11.7. The van der Waals surface area contributed by atoms with Crippen molar-refractivity contribution >= 4 is 47.3 Å². The third-order valence-electron chi connectivity index (χ3n) is 2.51. The molecule has 0 spiro atoms. The van der Waals surface area contributed by atoms with Crippen LogP contribution in [-0.2, 0) is 13.8 Å². The van der Waals surface area contributed by atoms with Gasteiger partial charge in [0.1, 0.15) is 9.85 Å². The summed E-state index contributed by atoms with van der Waals surface area (Å²) in [6, 6.07) is 3.38. The number of nitrogens with zero attached hydrogens (tertiary/aromatic N) is 2. The van der Waals surface area contributed by atoms with Gasteiger partial charge in [0.2, 0.25) is 15.0 Å². The van der Waals surface area contributed by atoms with Crippen LogP contribution in [0.15, 0.2) is 22.9 Å². The van der Waals surface area contributed by atoms with Crippen molar-refractivity contribution in [1.82, 2.24) is 4.98 Å².